The minimum absolute atomic E-state index is 0.0184. The number of hydrogen-bond acceptors (Lipinski definition) is 10. The predicted molar refractivity (Wildman–Crippen MR) is 234 cm³/mol. The van der Waals surface area contributed by atoms with E-state index in [1.165, 1.54) is 19.3 Å². The number of aliphatic carboxylic acids is 1. The maximum absolute atomic E-state index is 12.6. The fraction of sp³-hybridized carbons (Fsp3) is 0.587. The van der Waals surface area contributed by atoms with E-state index in [-0.39, 0.29) is 12.8 Å². The summed E-state index contributed by atoms with van der Waals surface area (Å²) >= 11 is 0. The minimum Gasteiger partial charge on any atom is -0.480 e. The Bertz CT molecular complexity index is 1430. The Morgan fingerprint density at radius 2 is 1.12 bits per heavy atom. The summed E-state index contributed by atoms with van der Waals surface area (Å²) in [5.74, 6) is -2.56. The maximum Gasteiger partial charge on any atom is 0.472 e. The molecule has 12 nitrogen and oxygen atoms in total. The van der Waals surface area contributed by atoms with E-state index in [1.54, 1.807) is 0 Å². The first-order chi connectivity index (χ1) is 28.6. The van der Waals surface area contributed by atoms with Crippen LogP contribution in [0, 0.1) is 0 Å². The van der Waals surface area contributed by atoms with Crippen LogP contribution in [0.1, 0.15) is 129 Å². The highest BCUT2D eigenvalue weighted by Gasteiger charge is 2.36. The van der Waals surface area contributed by atoms with E-state index in [9.17, 15) is 23.8 Å². The first-order valence-electron chi connectivity index (χ1n) is 21.4. The number of carbonyl (C=O) groups excluding carboxylic acids is 2. The number of phosphoric acid groups is 1. The number of rotatable bonds is 37. The second kappa shape index (κ2) is 36.2. The molecule has 4 N–H and O–H groups in total. The highest BCUT2D eigenvalue weighted by molar-refractivity contribution is 7.47. The normalized spacial score (nSPS) is 18.1. The smallest absolute Gasteiger partial charge is 0.472 e. The lowest BCUT2D eigenvalue weighted by atomic mass is 10.1. The molecule has 0 saturated carbocycles. The van der Waals surface area contributed by atoms with Crippen LogP contribution < -0.4 is 5.73 Å². The lowest BCUT2D eigenvalue weighted by Crippen LogP contribution is -2.34. The number of ether oxygens (including phenoxy) is 3. The molecule has 332 valence electrons. The first kappa shape index (κ1) is 53.4. The maximum atomic E-state index is 12.6. The van der Waals surface area contributed by atoms with Crippen molar-refractivity contribution in [1.82, 2.24) is 0 Å². The van der Waals surface area contributed by atoms with Gasteiger partial charge in [-0.3, -0.25) is 23.4 Å². The van der Waals surface area contributed by atoms with Crippen LogP contribution in [0.2, 0.25) is 0 Å². The average Bonchev–Trinajstić information content (AvgIpc) is 3.97. The van der Waals surface area contributed by atoms with Gasteiger partial charge in [-0.05, 0) is 89.9 Å². The summed E-state index contributed by atoms with van der Waals surface area (Å²) in [4.78, 5) is 45.9. The topological polar surface area (TPSA) is 184 Å². The molecule has 0 spiro atoms. The fourth-order valence-electron chi connectivity index (χ4n) is 5.25. The van der Waals surface area contributed by atoms with E-state index < -0.39 is 57.7 Å². The third-order valence-electron chi connectivity index (χ3n) is 8.73. The molecule has 1 fully saturated rings. The molecule has 1 saturated heterocycles. The van der Waals surface area contributed by atoms with E-state index in [0.717, 1.165) is 64.2 Å². The highest BCUT2D eigenvalue weighted by Crippen LogP contribution is 2.43. The molecule has 0 aliphatic carbocycles. The number of carbonyl (C=O) groups is 3. The Kier molecular flexibility index (Phi) is 32.8. The van der Waals surface area contributed by atoms with Crippen molar-refractivity contribution in [2.45, 2.75) is 154 Å². The third-order valence-corrected chi connectivity index (χ3v) is 9.68. The molecule has 0 aromatic heterocycles. The number of nitrogens with two attached hydrogens (primary N) is 1. The van der Waals surface area contributed by atoms with Crippen LogP contribution in [0.25, 0.3) is 0 Å². The molecule has 1 aliphatic rings. The van der Waals surface area contributed by atoms with Gasteiger partial charge in [0.15, 0.2) is 6.10 Å². The standard InChI is InChI=1S/C46H72NO11P/c1-3-5-7-8-9-10-11-12-13-14-18-21-24-27-31-35-44(48)54-37-40(38-55-59(52,53)56-39-41(47)46(50)51)57-45(49)36-32-28-25-22-19-16-15-17-20-23-26-30-34-43-42(58-43)33-29-6-4-2/h6,9-10,12-13,16-21,25-26,28-30,40-43H,3-5,7-8,11,14-15,22-24,27,31-39,47H2,1-2H3,(H,50,51)(H,52,53)/b10-9-,13-12-,19-16-,20-17-,21-18-,28-25-,29-6-,30-26-/t40-,41+,42?,43?/m1/s1. The van der Waals surface area contributed by atoms with Gasteiger partial charge in [-0.15, -0.1) is 0 Å². The van der Waals surface area contributed by atoms with Crippen LogP contribution in [0.5, 0.6) is 0 Å². The van der Waals surface area contributed by atoms with Crippen molar-refractivity contribution in [3.05, 3.63) is 97.2 Å². The summed E-state index contributed by atoms with van der Waals surface area (Å²) < 4.78 is 38.2. The van der Waals surface area contributed by atoms with Crippen molar-refractivity contribution in [1.29, 1.82) is 0 Å². The number of hydrogen-bond donors (Lipinski definition) is 3. The van der Waals surface area contributed by atoms with Crippen molar-refractivity contribution in [2.24, 2.45) is 5.73 Å². The molecule has 0 amide bonds. The molecule has 1 heterocycles. The van der Waals surface area contributed by atoms with E-state index in [2.05, 4.69) is 97.4 Å². The highest BCUT2D eigenvalue weighted by atomic mass is 31.2. The molecule has 0 aromatic carbocycles. The number of allylic oxidation sites excluding steroid dienone is 14. The molecule has 59 heavy (non-hydrogen) atoms. The number of esters is 2. The van der Waals surface area contributed by atoms with Gasteiger partial charge < -0.3 is 29.9 Å². The van der Waals surface area contributed by atoms with Gasteiger partial charge in [0, 0.05) is 12.8 Å². The van der Waals surface area contributed by atoms with E-state index >= 15 is 0 Å². The zero-order valence-electron chi connectivity index (χ0n) is 35.5. The van der Waals surface area contributed by atoms with Crippen molar-refractivity contribution in [2.75, 3.05) is 19.8 Å². The molecule has 5 atom stereocenters. The number of carboxylic acid groups (broad SMARTS) is 1. The zero-order valence-corrected chi connectivity index (χ0v) is 36.4. The van der Waals surface area contributed by atoms with E-state index in [1.807, 2.05) is 18.2 Å². The molecule has 0 radical (unpaired) electrons. The van der Waals surface area contributed by atoms with Gasteiger partial charge in [0.05, 0.1) is 25.4 Å². The van der Waals surface area contributed by atoms with Gasteiger partial charge in [-0.2, -0.15) is 0 Å². The second-order valence-electron chi connectivity index (χ2n) is 14.1. The van der Waals surface area contributed by atoms with Gasteiger partial charge >= 0.3 is 25.7 Å². The Morgan fingerprint density at radius 1 is 0.627 bits per heavy atom. The minimum atomic E-state index is -4.75. The lowest BCUT2D eigenvalue weighted by Gasteiger charge is -2.20. The summed E-state index contributed by atoms with van der Waals surface area (Å²) in [5.41, 5.74) is 5.32. The van der Waals surface area contributed by atoms with Gasteiger partial charge in [0.2, 0.25) is 0 Å². The Morgan fingerprint density at radius 3 is 1.66 bits per heavy atom. The van der Waals surface area contributed by atoms with Crippen molar-refractivity contribution < 1.29 is 52.2 Å². The van der Waals surface area contributed by atoms with Crippen LogP contribution in [-0.2, 0) is 42.2 Å². The summed E-state index contributed by atoms with van der Waals surface area (Å²) in [7, 11) is -4.75. The van der Waals surface area contributed by atoms with Crippen LogP contribution in [0.15, 0.2) is 97.2 Å². The number of epoxide rings is 1. The SMILES string of the molecule is CC/C=C\CC1OC1C/C=C\C/C=C\C/C=C\C/C=C\CCC(=O)O[C@H](COC(=O)CCCC/C=C\C/C=C\C/C=C\CCCCC)COP(=O)(O)OC[C@H](N)C(=O)O. The second-order valence-corrected chi connectivity index (χ2v) is 15.6. The molecule has 0 bridgehead atoms. The largest absolute Gasteiger partial charge is 0.480 e. The zero-order chi connectivity index (χ0) is 43.2. The van der Waals surface area contributed by atoms with Crippen LogP contribution in [-0.4, -0.2) is 72.1 Å². The first-order valence-corrected chi connectivity index (χ1v) is 22.9. The number of carboxylic acids is 1. The van der Waals surface area contributed by atoms with Gasteiger partial charge in [-0.25, -0.2) is 4.57 Å². The Hall–Kier alpha value is -3.64. The van der Waals surface area contributed by atoms with Gasteiger partial charge in [0.1, 0.15) is 12.6 Å². The monoisotopic (exact) mass is 845 g/mol. The molecule has 0 aromatic rings. The molecular weight excluding hydrogens is 773 g/mol. The summed E-state index contributed by atoms with van der Waals surface area (Å²) in [6.45, 7) is 2.51. The molecule has 1 aliphatic heterocycles. The molecular formula is C46H72NO11P. The van der Waals surface area contributed by atoms with E-state index in [4.69, 9.17) is 29.6 Å². The van der Waals surface area contributed by atoms with Crippen molar-refractivity contribution in [3.8, 4) is 0 Å². The van der Waals surface area contributed by atoms with Crippen molar-refractivity contribution in [3.63, 3.8) is 0 Å². The average molecular weight is 846 g/mol. The van der Waals surface area contributed by atoms with Crippen LogP contribution in [0.4, 0.5) is 0 Å². The third kappa shape index (κ3) is 33.8. The number of phosphoric ester groups is 1. The van der Waals surface area contributed by atoms with Gasteiger partial charge in [0.25, 0.3) is 0 Å². The van der Waals surface area contributed by atoms with Crippen LogP contribution >= 0.6 is 7.82 Å². The van der Waals surface area contributed by atoms with E-state index in [0.29, 0.717) is 31.5 Å². The Labute approximate surface area is 353 Å². The molecule has 13 heteroatoms. The predicted octanol–water partition coefficient (Wildman–Crippen LogP) is 10.3. The quantitative estimate of drug-likeness (QED) is 0.0177. The fourth-order valence-corrected chi connectivity index (χ4v) is 6.03. The molecule has 3 unspecified atom stereocenters. The van der Waals surface area contributed by atoms with Crippen molar-refractivity contribution >= 4 is 25.7 Å². The number of unbranched alkanes of at least 4 members (excludes halogenated alkanes) is 5. The summed E-state index contributed by atoms with van der Waals surface area (Å²) in [6.07, 6.45) is 48.2. The lowest BCUT2D eigenvalue weighted by molar-refractivity contribution is -0.161. The van der Waals surface area contributed by atoms with Gasteiger partial charge in [-0.1, -0.05) is 124 Å². The summed E-state index contributed by atoms with van der Waals surface area (Å²) in [5, 5.41) is 8.89. The molecule has 1 rings (SSSR count). The summed E-state index contributed by atoms with van der Waals surface area (Å²) in [6, 6.07) is -1.55. The van der Waals surface area contributed by atoms with Crippen LogP contribution in [0.3, 0.4) is 0 Å². The Balaban J connectivity index is 2.38.